The van der Waals surface area contributed by atoms with E-state index in [0.717, 1.165) is 32.4 Å². The highest BCUT2D eigenvalue weighted by Crippen LogP contribution is 2.27. The van der Waals surface area contributed by atoms with Crippen LogP contribution >= 0.6 is 0 Å². The van der Waals surface area contributed by atoms with Crippen LogP contribution in [-0.4, -0.2) is 40.9 Å². The zero-order valence-electron chi connectivity index (χ0n) is 10.7. The van der Waals surface area contributed by atoms with Crippen molar-refractivity contribution in [3.8, 4) is 0 Å². The standard InChI is InChI=1S/C13H19N3O3/c14-10-3-4-11(13(18)19)15-12(10)16-6-1-2-9(8-16)5-7-17/h3-4,9,17H,1-2,5-8,14H2,(H,18,19). The van der Waals surface area contributed by atoms with Gasteiger partial charge in [-0.3, -0.25) is 0 Å². The topological polar surface area (TPSA) is 99.7 Å². The first-order valence-corrected chi connectivity index (χ1v) is 6.47. The Morgan fingerprint density at radius 1 is 1.53 bits per heavy atom. The lowest BCUT2D eigenvalue weighted by atomic mass is 9.95. The van der Waals surface area contributed by atoms with Crippen molar-refractivity contribution in [1.29, 1.82) is 0 Å². The van der Waals surface area contributed by atoms with E-state index < -0.39 is 5.97 Å². The number of piperidine rings is 1. The Hall–Kier alpha value is -1.82. The molecule has 4 N–H and O–H groups in total. The van der Waals surface area contributed by atoms with Gasteiger partial charge in [-0.2, -0.15) is 0 Å². The molecule has 0 bridgehead atoms. The fraction of sp³-hybridized carbons (Fsp3) is 0.538. The third kappa shape index (κ3) is 3.14. The summed E-state index contributed by atoms with van der Waals surface area (Å²) in [7, 11) is 0. The first-order chi connectivity index (χ1) is 9.11. The van der Waals surface area contributed by atoms with E-state index in [1.54, 1.807) is 6.07 Å². The molecular formula is C13H19N3O3. The summed E-state index contributed by atoms with van der Waals surface area (Å²) in [6.45, 7) is 1.76. The number of hydrogen-bond acceptors (Lipinski definition) is 5. The third-order valence-electron chi connectivity index (χ3n) is 3.48. The maximum atomic E-state index is 11.0. The lowest BCUT2D eigenvalue weighted by molar-refractivity contribution is 0.0690. The zero-order valence-corrected chi connectivity index (χ0v) is 10.7. The number of aromatic carboxylic acids is 1. The smallest absolute Gasteiger partial charge is 0.354 e. The molecule has 1 unspecified atom stereocenters. The minimum atomic E-state index is -1.05. The normalized spacial score (nSPS) is 19.4. The van der Waals surface area contributed by atoms with Crippen LogP contribution in [0.4, 0.5) is 11.5 Å². The Morgan fingerprint density at radius 3 is 3.00 bits per heavy atom. The summed E-state index contributed by atoms with van der Waals surface area (Å²) in [6, 6.07) is 3.00. The highest BCUT2D eigenvalue weighted by molar-refractivity contribution is 5.87. The van der Waals surface area contributed by atoms with Crippen LogP contribution in [0.3, 0.4) is 0 Å². The number of carboxylic acids is 1. The van der Waals surface area contributed by atoms with Crippen LogP contribution in [0.2, 0.25) is 0 Å². The molecule has 104 valence electrons. The van der Waals surface area contributed by atoms with Crippen molar-refractivity contribution < 1.29 is 15.0 Å². The van der Waals surface area contributed by atoms with Crippen molar-refractivity contribution in [3.63, 3.8) is 0 Å². The number of aliphatic hydroxyl groups excluding tert-OH is 1. The monoisotopic (exact) mass is 265 g/mol. The number of anilines is 2. The predicted octanol–water partition coefficient (Wildman–Crippen LogP) is 0.961. The Bertz CT molecular complexity index is 462. The SMILES string of the molecule is Nc1ccc(C(=O)O)nc1N1CCCC(CCO)C1. The van der Waals surface area contributed by atoms with Crippen molar-refractivity contribution >= 4 is 17.5 Å². The molecule has 2 heterocycles. The van der Waals surface area contributed by atoms with Crippen molar-refractivity contribution in [2.75, 3.05) is 30.3 Å². The van der Waals surface area contributed by atoms with E-state index in [1.165, 1.54) is 6.07 Å². The number of carbonyl (C=O) groups is 1. The van der Waals surface area contributed by atoms with E-state index in [1.807, 2.05) is 4.90 Å². The minimum Gasteiger partial charge on any atom is -0.477 e. The molecular weight excluding hydrogens is 246 g/mol. The van der Waals surface area contributed by atoms with E-state index in [0.29, 0.717) is 17.4 Å². The molecule has 2 rings (SSSR count). The second-order valence-electron chi connectivity index (χ2n) is 4.88. The average Bonchev–Trinajstić information content (AvgIpc) is 2.39. The first-order valence-electron chi connectivity index (χ1n) is 6.47. The molecule has 0 aliphatic carbocycles. The van der Waals surface area contributed by atoms with E-state index in [2.05, 4.69) is 4.98 Å². The molecule has 1 aliphatic heterocycles. The summed E-state index contributed by atoms with van der Waals surface area (Å²) in [5.74, 6) is -0.0962. The molecule has 19 heavy (non-hydrogen) atoms. The summed E-state index contributed by atoms with van der Waals surface area (Å²) < 4.78 is 0. The van der Waals surface area contributed by atoms with Crippen molar-refractivity contribution in [1.82, 2.24) is 4.98 Å². The molecule has 1 aromatic heterocycles. The van der Waals surface area contributed by atoms with Gasteiger partial charge in [0.15, 0.2) is 11.5 Å². The van der Waals surface area contributed by atoms with Gasteiger partial charge in [-0.1, -0.05) is 0 Å². The van der Waals surface area contributed by atoms with Gasteiger partial charge in [-0.15, -0.1) is 0 Å². The van der Waals surface area contributed by atoms with Crippen LogP contribution < -0.4 is 10.6 Å². The largest absolute Gasteiger partial charge is 0.477 e. The quantitative estimate of drug-likeness (QED) is 0.750. The molecule has 0 saturated carbocycles. The Kier molecular flexibility index (Phi) is 4.21. The summed E-state index contributed by atoms with van der Waals surface area (Å²) in [5.41, 5.74) is 6.40. The van der Waals surface area contributed by atoms with Crippen LogP contribution in [0, 0.1) is 5.92 Å². The number of nitrogens with two attached hydrogens (primary N) is 1. The Balaban J connectivity index is 2.20. The van der Waals surface area contributed by atoms with Gasteiger partial charge in [0.1, 0.15) is 0 Å². The molecule has 6 heteroatoms. The molecule has 6 nitrogen and oxygen atoms in total. The van der Waals surface area contributed by atoms with Crippen molar-refractivity contribution in [2.24, 2.45) is 5.92 Å². The zero-order chi connectivity index (χ0) is 13.8. The van der Waals surface area contributed by atoms with Gasteiger partial charge >= 0.3 is 5.97 Å². The molecule has 1 aliphatic rings. The number of nitrogen functional groups attached to an aromatic ring is 1. The molecule has 0 amide bonds. The van der Waals surface area contributed by atoms with Gasteiger partial charge in [0.2, 0.25) is 0 Å². The maximum Gasteiger partial charge on any atom is 0.354 e. The van der Waals surface area contributed by atoms with Gasteiger partial charge in [0.05, 0.1) is 5.69 Å². The molecule has 1 atom stereocenters. The average molecular weight is 265 g/mol. The Labute approximate surface area is 111 Å². The summed E-state index contributed by atoms with van der Waals surface area (Å²) in [6.07, 6.45) is 2.84. The van der Waals surface area contributed by atoms with Crippen LogP contribution in [0.15, 0.2) is 12.1 Å². The van der Waals surface area contributed by atoms with Gasteiger partial charge in [-0.25, -0.2) is 9.78 Å². The van der Waals surface area contributed by atoms with E-state index in [-0.39, 0.29) is 12.3 Å². The second-order valence-corrected chi connectivity index (χ2v) is 4.88. The van der Waals surface area contributed by atoms with Gasteiger partial charge in [-0.05, 0) is 37.3 Å². The van der Waals surface area contributed by atoms with Gasteiger partial charge < -0.3 is 20.8 Å². The molecule has 1 saturated heterocycles. The number of aliphatic hydroxyl groups is 1. The van der Waals surface area contributed by atoms with Crippen LogP contribution in [0.25, 0.3) is 0 Å². The lowest BCUT2D eigenvalue weighted by Crippen LogP contribution is -2.37. The fourth-order valence-corrected chi connectivity index (χ4v) is 2.51. The van der Waals surface area contributed by atoms with Crippen LogP contribution in [0.5, 0.6) is 0 Å². The number of hydrogen-bond donors (Lipinski definition) is 3. The number of nitrogens with zero attached hydrogens (tertiary/aromatic N) is 2. The second kappa shape index (κ2) is 5.88. The summed E-state index contributed by atoms with van der Waals surface area (Å²) in [4.78, 5) is 17.1. The third-order valence-corrected chi connectivity index (χ3v) is 3.48. The number of carboxylic acid groups (broad SMARTS) is 1. The van der Waals surface area contributed by atoms with Gasteiger partial charge in [0.25, 0.3) is 0 Å². The Morgan fingerprint density at radius 2 is 2.32 bits per heavy atom. The van der Waals surface area contributed by atoms with Crippen molar-refractivity contribution in [2.45, 2.75) is 19.3 Å². The van der Waals surface area contributed by atoms with Gasteiger partial charge in [0, 0.05) is 19.7 Å². The predicted molar refractivity (Wildman–Crippen MR) is 72.2 cm³/mol. The highest BCUT2D eigenvalue weighted by atomic mass is 16.4. The van der Waals surface area contributed by atoms with Crippen LogP contribution in [-0.2, 0) is 0 Å². The number of aromatic nitrogens is 1. The summed E-state index contributed by atoms with van der Waals surface area (Å²) >= 11 is 0. The number of rotatable bonds is 4. The van der Waals surface area contributed by atoms with Crippen LogP contribution in [0.1, 0.15) is 29.8 Å². The van der Waals surface area contributed by atoms with E-state index >= 15 is 0 Å². The molecule has 0 aromatic carbocycles. The number of pyridine rings is 1. The molecule has 1 aromatic rings. The summed E-state index contributed by atoms with van der Waals surface area (Å²) in [5, 5.41) is 18.0. The molecule has 1 fully saturated rings. The van der Waals surface area contributed by atoms with E-state index in [9.17, 15) is 4.79 Å². The molecule has 0 spiro atoms. The minimum absolute atomic E-state index is 0.00785. The lowest BCUT2D eigenvalue weighted by Gasteiger charge is -2.34. The highest BCUT2D eigenvalue weighted by Gasteiger charge is 2.22. The first kappa shape index (κ1) is 13.6. The fourth-order valence-electron chi connectivity index (χ4n) is 2.51. The van der Waals surface area contributed by atoms with E-state index in [4.69, 9.17) is 15.9 Å². The maximum absolute atomic E-state index is 11.0. The van der Waals surface area contributed by atoms with Crippen molar-refractivity contribution in [3.05, 3.63) is 17.8 Å². The molecule has 0 radical (unpaired) electrons.